The first-order valence-electron chi connectivity index (χ1n) is 8.53. The van der Waals surface area contributed by atoms with E-state index < -0.39 is 0 Å². The van der Waals surface area contributed by atoms with E-state index in [1.165, 1.54) is 6.07 Å². The van der Waals surface area contributed by atoms with Crippen LogP contribution in [0, 0.1) is 5.82 Å². The van der Waals surface area contributed by atoms with Gasteiger partial charge in [0.05, 0.1) is 11.7 Å². The highest BCUT2D eigenvalue weighted by molar-refractivity contribution is 5.99. The van der Waals surface area contributed by atoms with Gasteiger partial charge in [-0.1, -0.05) is 12.1 Å². The highest BCUT2D eigenvalue weighted by Gasteiger charge is 2.39. The van der Waals surface area contributed by atoms with Gasteiger partial charge in [0.1, 0.15) is 5.82 Å². The number of hydrogen-bond acceptors (Lipinski definition) is 3. The fraction of sp³-hybridized carbons (Fsp3) is 0.444. The summed E-state index contributed by atoms with van der Waals surface area (Å²) >= 11 is 0. The normalized spacial score (nSPS) is 25.4. The average molecular weight is 328 g/mol. The van der Waals surface area contributed by atoms with Crippen LogP contribution in [0.5, 0.6) is 0 Å². The number of carbonyl (C=O) groups is 1. The van der Waals surface area contributed by atoms with Gasteiger partial charge in [-0.05, 0) is 44.0 Å². The number of aromatic nitrogens is 2. The van der Waals surface area contributed by atoms with Crippen LogP contribution in [0.15, 0.2) is 36.5 Å². The summed E-state index contributed by atoms with van der Waals surface area (Å²) in [5, 5.41) is 7.09. The van der Waals surface area contributed by atoms with E-state index in [0.717, 1.165) is 38.0 Å². The van der Waals surface area contributed by atoms with Crippen molar-refractivity contribution in [2.24, 2.45) is 0 Å². The number of nitrogens with one attached hydrogen (secondary N) is 1. The summed E-state index contributed by atoms with van der Waals surface area (Å²) in [6.45, 7) is 2.35. The van der Waals surface area contributed by atoms with Gasteiger partial charge in [-0.25, -0.2) is 4.39 Å². The monoisotopic (exact) mass is 328 g/mol. The molecule has 2 aliphatic heterocycles. The summed E-state index contributed by atoms with van der Waals surface area (Å²) in [6, 6.07) is 8.38. The van der Waals surface area contributed by atoms with Gasteiger partial charge in [0.2, 0.25) is 5.91 Å². The summed E-state index contributed by atoms with van der Waals surface area (Å²) in [5.74, 6) is 0.0717. The lowest BCUT2D eigenvalue weighted by Crippen LogP contribution is -2.46. The van der Waals surface area contributed by atoms with Gasteiger partial charge in [-0.2, -0.15) is 5.10 Å². The van der Waals surface area contributed by atoms with Gasteiger partial charge in [0, 0.05) is 30.9 Å². The molecule has 2 aliphatic rings. The molecule has 2 aromatic rings. The molecule has 2 saturated heterocycles. The van der Waals surface area contributed by atoms with E-state index in [1.54, 1.807) is 29.3 Å². The molecule has 0 spiro atoms. The molecule has 1 aromatic carbocycles. The number of rotatable bonds is 3. The van der Waals surface area contributed by atoms with E-state index in [1.807, 2.05) is 6.07 Å². The minimum atomic E-state index is -0.333. The third-order valence-electron chi connectivity index (χ3n) is 5.18. The second-order valence-corrected chi connectivity index (χ2v) is 6.59. The van der Waals surface area contributed by atoms with Crippen LogP contribution in [-0.2, 0) is 4.79 Å². The number of H-pyrrole nitrogens is 1. The van der Waals surface area contributed by atoms with E-state index in [4.69, 9.17) is 0 Å². The van der Waals surface area contributed by atoms with Crippen molar-refractivity contribution in [3.63, 3.8) is 0 Å². The number of para-hydroxylation sites is 1. The maximum absolute atomic E-state index is 14.0. The fourth-order valence-electron chi connectivity index (χ4n) is 3.95. The van der Waals surface area contributed by atoms with Gasteiger partial charge in [-0.15, -0.1) is 0 Å². The number of likely N-dealkylation sites (tertiary alicyclic amines) is 1. The van der Waals surface area contributed by atoms with Crippen molar-refractivity contribution < 1.29 is 9.18 Å². The van der Waals surface area contributed by atoms with E-state index in [2.05, 4.69) is 15.1 Å². The topological polar surface area (TPSA) is 52.2 Å². The number of anilines is 1. The number of piperidine rings is 1. The number of aromatic amines is 1. The van der Waals surface area contributed by atoms with E-state index in [-0.39, 0.29) is 17.8 Å². The lowest BCUT2D eigenvalue weighted by Gasteiger charge is -2.35. The molecule has 6 heteroatoms. The molecule has 0 radical (unpaired) electrons. The molecule has 0 unspecified atom stereocenters. The number of carbonyl (C=O) groups excluding carboxylic acids is 1. The molecular formula is C18H21FN4O. The third kappa shape index (κ3) is 2.71. The molecular weight excluding hydrogens is 307 g/mol. The number of amides is 1. The second-order valence-electron chi connectivity index (χ2n) is 6.59. The smallest absolute Gasteiger partial charge is 0.244 e. The molecule has 2 fully saturated rings. The van der Waals surface area contributed by atoms with Crippen LogP contribution in [0.1, 0.15) is 30.9 Å². The Balaban J connectivity index is 1.49. The zero-order chi connectivity index (χ0) is 16.5. The quantitative estimate of drug-likeness (QED) is 0.942. The molecule has 1 amide bonds. The molecule has 5 nitrogen and oxygen atoms in total. The molecule has 3 heterocycles. The van der Waals surface area contributed by atoms with Crippen molar-refractivity contribution in [3.05, 3.63) is 48.0 Å². The maximum atomic E-state index is 14.0. The van der Waals surface area contributed by atoms with Gasteiger partial charge >= 0.3 is 0 Å². The Morgan fingerprint density at radius 1 is 1.17 bits per heavy atom. The summed E-state index contributed by atoms with van der Waals surface area (Å²) in [7, 11) is 0. The first-order chi connectivity index (χ1) is 11.7. The Morgan fingerprint density at radius 2 is 2.04 bits per heavy atom. The predicted octanol–water partition coefficient (Wildman–Crippen LogP) is 2.53. The van der Waals surface area contributed by atoms with Crippen LogP contribution in [-0.4, -0.2) is 46.7 Å². The van der Waals surface area contributed by atoms with E-state index >= 15 is 0 Å². The van der Waals surface area contributed by atoms with Crippen molar-refractivity contribution in [2.45, 2.75) is 31.2 Å². The predicted molar refractivity (Wildman–Crippen MR) is 89.3 cm³/mol. The summed E-state index contributed by atoms with van der Waals surface area (Å²) in [4.78, 5) is 16.7. The van der Waals surface area contributed by atoms with Gasteiger partial charge in [0.15, 0.2) is 0 Å². The minimum absolute atomic E-state index is 0.0189. The first kappa shape index (κ1) is 15.3. The number of nitrogens with zero attached hydrogens (tertiary/aromatic N) is 3. The van der Waals surface area contributed by atoms with Gasteiger partial charge in [-0.3, -0.25) is 14.8 Å². The zero-order valence-electron chi connectivity index (χ0n) is 13.5. The summed E-state index contributed by atoms with van der Waals surface area (Å²) in [5.41, 5.74) is 1.53. The Kier molecular flexibility index (Phi) is 4.06. The van der Waals surface area contributed by atoms with Crippen LogP contribution in [0.2, 0.25) is 0 Å². The molecule has 126 valence electrons. The molecule has 4 rings (SSSR count). The molecule has 24 heavy (non-hydrogen) atoms. The standard InChI is InChI=1S/C18H21FN4O/c19-14-5-1-2-6-16(14)23-11-8-17(18(23)24)22-10-3-4-13(12-22)15-7-9-20-21-15/h1-2,5-7,9,13,17H,3-4,8,10-12H2,(H,20,21)/t13-,17+/m0/s1. The van der Waals surface area contributed by atoms with Crippen molar-refractivity contribution in [3.8, 4) is 0 Å². The van der Waals surface area contributed by atoms with Crippen molar-refractivity contribution in [1.82, 2.24) is 15.1 Å². The Morgan fingerprint density at radius 3 is 2.83 bits per heavy atom. The van der Waals surface area contributed by atoms with Crippen LogP contribution in [0.3, 0.4) is 0 Å². The van der Waals surface area contributed by atoms with Crippen molar-refractivity contribution >= 4 is 11.6 Å². The van der Waals surface area contributed by atoms with Crippen LogP contribution < -0.4 is 4.90 Å². The van der Waals surface area contributed by atoms with Crippen LogP contribution in [0.4, 0.5) is 10.1 Å². The molecule has 0 bridgehead atoms. The Hall–Kier alpha value is -2.21. The van der Waals surface area contributed by atoms with Crippen LogP contribution >= 0.6 is 0 Å². The highest BCUT2D eigenvalue weighted by Crippen LogP contribution is 2.31. The fourth-order valence-corrected chi connectivity index (χ4v) is 3.95. The second kappa shape index (κ2) is 6.36. The summed E-state index contributed by atoms with van der Waals surface area (Å²) < 4.78 is 14.0. The largest absolute Gasteiger partial charge is 0.308 e. The third-order valence-corrected chi connectivity index (χ3v) is 5.18. The van der Waals surface area contributed by atoms with Gasteiger partial charge < -0.3 is 4.90 Å². The van der Waals surface area contributed by atoms with Gasteiger partial charge in [0.25, 0.3) is 0 Å². The zero-order valence-corrected chi connectivity index (χ0v) is 13.5. The Bertz CT molecular complexity index is 718. The molecule has 0 saturated carbocycles. The summed E-state index contributed by atoms with van der Waals surface area (Å²) in [6.07, 6.45) is 4.70. The minimum Gasteiger partial charge on any atom is -0.308 e. The number of halogens is 1. The molecule has 1 N–H and O–H groups in total. The van der Waals surface area contributed by atoms with E-state index in [9.17, 15) is 9.18 Å². The van der Waals surface area contributed by atoms with E-state index in [0.29, 0.717) is 18.2 Å². The highest BCUT2D eigenvalue weighted by atomic mass is 19.1. The average Bonchev–Trinajstić information content (AvgIpc) is 3.26. The Labute approximate surface area is 140 Å². The maximum Gasteiger partial charge on any atom is 0.244 e. The lowest BCUT2D eigenvalue weighted by atomic mass is 9.93. The number of hydrogen-bond donors (Lipinski definition) is 1. The lowest BCUT2D eigenvalue weighted by molar-refractivity contribution is -0.122. The van der Waals surface area contributed by atoms with Crippen molar-refractivity contribution in [1.29, 1.82) is 0 Å². The first-order valence-corrected chi connectivity index (χ1v) is 8.53. The SMILES string of the molecule is O=C1[C@H](N2CCC[C@H](c3ccn[nH]3)C2)CCN1c1ccccc1F. The molecule has 2 atom stereocenters. The van der Waals surface area contributed by atoms with Crippen molar-refractivity contribution in [2.75, 3.05) is 24.5 Å². The molecule has 1 aromatic heterocycles. The van der Waals surface area contributed by atoms with Crippen LogP contribution in [0.25, 0.3) is 0 Å². The molecule has 0 aliphatic carbocycles. The number of benzene rings is 1.